The second kappa shape index (κ2) is 5.83. The molecule has 1 N–H and O–H groups in total. The molecule has 0 aliphatic rings. The number of hydrogen-bond donors (Lipinski definition) is 1. The molecule has 1 aromatic carbocycles. The molecule has 0 fully saturated rings. The molecule has 0 radical (unpaired) electrons. The van der Waals surface area contributed by atoms with Gasteiger partial charge in [0.05, 0.1) is 11.8 Å². The number of rotatable bonds is 3. The quantitative estimate of drug-likeness (QED) is 0.610. The lowest BCUT2D eigenvalue weighted by atomic mass is 10.2. The zero-order valence-electron chi connectivity index (χ0n) is 14.6. The number of benzene rings is 1. The number of nitrogens with zero attached hydrogens (tertiary/aromatic N) is 4. The number of imidazole rings is 1. The van der Waals surface area contributed by atoms with E-state index in [4.69, 9.17) is 4.42 Å². The SMILES string of the molecule is Cc1ccc2nc(NC(=O)Cn3cnc4c3c(C)cc(=O)n4C)oc2c1. The molecular formula is C18H17N5O3. The molecule has 132 valence electrons. The fraction of sp³-hybridized carbons (Fsp3) is 0.222. The van der Waals surface area contributed by atoms with Crippen LogP contribution in [-0.2, 0) is 18.4 Å². The highest BCUT2D eigenvalue weighted by molar-refractivity contribution is 5.91. The largest absolute Gasteiger partial charge is 0.423 e. The molecule has 0 bridgehead atoms. The Bertz CT molecular complexity index is 1210. The van der Waals surface area contributed by atoms with Crippen LogP contribution >= 0.6 is 0 Å². The lowest BCUT2D eigenvalue weighted by Gasteiger charge is -2.07. The number of aryl methyl sites for hydroxylation is 3. The van der Waals surface area contributed by atoms with Gasteiger partial charge in [-0.3, -0.25) is 19.5 Å². The van der Waals surface area contributed by atoms with Crippen molar-refractivity contribution in [2.45, 2.75) is 20.4 Å². The minimum absolute atomic E-state index is 0.0350. The number of oxazole rings is 1. The number of pyridine rings is 1. The Labute approximate surface area is 148 Å². The molecule has 3 heterocycles. The van der Waals surface area contributed by atoms with Crippen LogP contribution in [0, 0.1) is 13.8 Å². The van der Waals surface area contributed by atoms with Crippen molar-refractivity contribution in [3.63, 3.8) is 0 Å². The Morgan fingerprint density at radius 2 is 2.08 bits per heavy atom. The summed E-state index contributed by atoms with van der Waals surface area (Å²) in [5.74, 6) is -0.291. The summed E-state index contributed by atoms with van der Waals surface area (Å²) in [5.41, 5.74) is 4.29. The Kier molecular flexibility index (Phi) is 3.61. The number of nitrogens with one attached hydrogen (secondary N) is 1. The average molecular weight is 351 g/mol. The summed E-state index contributed by atoms with van der Waals surface area (Å²) in [5, 5.41) is 2.67. The summed E-state index contributed by atoms with van der Waals surface area (Å²) in [6, 6.07) is 7.33. The van der Waals surface area contributed by atoms with Crippen LogP contribution in [0.15, 0.2) is 39.8 Å². The second-order valence-corrected chi connectivity index (χ2v) is 6.31. The lowest BCUT2D eigenvalue weighted by Crippen LogP contribution is -2.20. The zero-order chi connectivity index (χ0) is 18.4. The van der Waals surface area contributed by atoms with Gasteiger partial charge >= 0.3 is 6.01 Å². The molecule has 0 unspecified atom stereocenters. The predicted octanol–water partition coefficient (Wildman–Crippen LogP) is 2.13. The Hall–Kier alpha value is -3.42. The molecule has 3 aromatic heterocycles. The maximum atomic E-state index is 12.4. The standard InChI is InChI=1S/C18H17N5O3/c1-10-4-5-12-13(6-10)26-18(20-12)21-14(24)8-23-9-19-17-16(23)11(2)7-15(25)22(17)3/h4-7,9H,8H2,1-3H3,(H,20,21,24). The molecule has 0 saturated carbocycles. The Morgan fingerprint density at radius 3 is 2.88 bits per heavy atom. The van der Waals surface area contributed by atoms with Crippen LogP contribution in [0.2, 0.25) is 0 Å². The van der Waals surface area contributed by atoms with E-state index < -0.39 is 0 Å². The molecule has 4 aromatic rings. The number of hydrogen-bond acceptors (Lipinski definition) is 5. The predicted molar refractivity (Wildman–Crippen MR) is 97.1 cm³/mol. The smallest absolute Gasteiger partial charge is 0.302 e. The topological polar surface area (TPSA) is 95.0 Å². The third kappa shape index (κ3) is 2.65. The summed E-state index contributed by atoms with van der Waals surface area (Å²) in [6.07, 6.45) is 1.55. The third-order valence-corrected chi connectivity index (χ3v) is 4.28. The highest BCUT2D eigenvalue weighted by atomic mass is 16.4. The number of anilines is 1. The molecule has 0 aliphatic carbocycles. The highest BCUT2D eigenvalue weighted by Crippen LogP contribution is 2.20. The first-order valence-electron chi connectivity index (χ1n) is 8.11. The van der Waals surface area contributed by atoms with Crippen LogP contribution in [0.5, 0.6) is 0 Å². The first-order valence-corrected chi connectivity index (χ1v) is 8.11. The van der Waals surface area contributed by atoms with Crippen molar-refractivity contribution in [3.8, 4) is 0 Å². The van der Waals surface area contributed by atoms with Crippen molar-refractivity contribution in [2.24, 2.45) is 7.05 Å². The molecule has 0 spiro atoms. The minimum atomic E-state index is -0.291. The molecule has 0 aliphatic heterocycles. The van der Waals surface area contributed by atoms with Gasteiger partial charge in [-0.1, -0.05) is 6.07 Å². The van der Waals surface area contributed by atoms with Crippen molar-refractivity contribution in [1.82, 2.24) is 19.1 Å². The van der Waals surface area contributed by atoms with Crippen LogP contribution in [0.25, 0.3) is 22.3 Å². The number of carbonyl (C=O) groups excluding carboxylic acids is 1. The van der Waals surface area contributed by atoms with Crippen LogP contribution in [0.4, 0.5) is 6.01 Å². The second-order valence-electron chi connectivity index (χ2n) is 6.31. The number of fused-ring (bicyclic) bond motifs is 2. The molecule has 8 nitrogen and oxygen atoms in total. The molecule has 4 rings (SSSR count). The lowest BCUT2D eigenvalue weighted by molar-refractivity contribution is -0.116. The van der Waals surface area contributed by atoms with Crippen LogP contribution in [0.3, 0.4) is 0 Å². The van der Waals surface area contributed by atoms with E-state index in [1.807, 2.05) is 32.0 Å². The summed E-state index contributed by atoms with van der Waals surface area (Å²) >= 11 is 0. The van der Waals surface area contributed by atoms with Crippen molar-refractivity contribution >= 4 is 34.2 Å². The summed E-state index contributed by atoms with van der Waals surface area (Å²) in [7, 11) is 1.65. The Morgan fingerprint density at radius 1 is 1.27 bits per heavy atom. The number of aromatic nitrogens is 4. The van der Waals surface area contributed by atoms with Gasteiger partial charge < -0.3 is 8.98 Å². The summed E-state index contributed by atoms with van der Waals surface area (Å²) in [6.45, 7) is 3.82. The maximum Gasteiger partial charge on any atom is 0.302 e. The molecule has 0 atom stereocenters. The van der Waals surface area contributed by atoms with Gasteiger partial charge in [0.1, 0.15) is 12.1 Å². The van der Waals surface area contributed by atoms with E-state index in [1.54, 1.807) is 17.9 Å². The van der Waals surface area contributed by atoms with Crippen molar-refractivity contribution < 1.29 is 9.21 Å². The van der Waals surface area contributed by atoms with E-state index >= 15 is 0 Å². The van der Waals surface area contributed by atoms with Crippen LogP contribution < -0.4 is 10.9 Å². The molecule has 0 saturated heterocycles. The summed E-state index contributed by atoms with van der Waals surface area (Å²) < 4.78 is 8.73. The maximum absolute atomic E-state index is 12.4. The minimum Gasteiger partial charge on any atom is -0.423 e. The molecular weight excluding hydrogens is 334 g/mol. The monoisotopic (exact) mass is 351 g/mol. The summed E-state index contributed by atoms with van der Waals surface area (Å²) in [4.78, 5) is 32.8. The van der Waals surface area contributed by atoms with Crippen molar-refractivity contribution in [1.29, 1.82) is 0 Å². The Balaban J connectivity index is 1.61. The van der Waals surface area contributed by atoms with Crippen LogP contribution in [-0.4, -0.2) is 25.0 Å². The van der Waals surface area contributed by atoms with Gasteiger partial charge in [0, 0.05) is 13.1 Å². The van der Waals surface area contributed by atoms with Gasteiger partial charge in [-0.25, -0.2) is 4.98 Å². The van der Waals surface area contributed by atoms with Gasteiger partial charge in [0.15, 0.2) is 11.2 Å². The van der Waals surface area contributed by atoms with E-state index in [1.165, 1.54) is 10.6 Å². The first-order chi connectivity index (χ1) is 12.4. The average Bonchev–Trinajstić information content (AvgIpc) is 3.16. The molecule has 1 amide bonds. The molecule has 8 heteroatoms. The van der Waals surface area contributed by atoms with Crippen LogP contribution in [0.1, 0.15) is 11.1 Å². The fourth-order valence-electron chi connectivity index (χ4n) is 2.99. The van der Waals surface area contributed by atoms with E-state index in [9.17, 15) is 9.59 Å². The van der Waals surface area contributed by atoms with Gasteiger partial charge in [-0.15, -0.1) is 0 Å². The van der Waals surface area contributed by atoms with E-state index in [0.717, 1.165) is 16.6 Å². The fourth-order valence-corrected chi connectivity index (χ4v) is 2.99. The van der Waals surface area contributed by atoms with Gasteiger partial charge in [0.25, 0.3) is 5.56 Å². The van der Waals surface area contributed by atoms with E-state index in [0.29, 0.717) is 16.7 Å². The number of amides is 1. The zero-order valence-corrected chi connectivity index (χ0v) is 14.6. The van der Waals surface area contributed by atoms with Gasteiger partial charge in [0.2, 0.25) is 5.91 Å². The first kappa shape index (κ1) is 16.1. The van der Waals surface area contributed by atoms with Gasteiger partial charge in [-0.05, 0) is 37.1 Å². The van der Waals surface area contributed by atoms with Crippen molar-refractivity contribution in [3.05, 3.63) is 52.1 Å². The van der Waals surface area contributed by atoms with E-state index in [2.05, 4.69) is 15.3 Å². The number of carbonyl (C=O) groups is 1. The third-order valence-electron chi connectivity index (χ3n) is 4.28. The van der Waals surface area contributed by atoms with Gasteiger partial charge in [-0.2, -0.15) is 4.98 Å². The normalized spacial score (nSPS) is 11.3. The molecule has 26 heavy (non-hydrogen) atoms. The van der Waals surface area contributed by atoms with E-state index in [-0.39, 0.29) is 24.0 Å². The highest BCUT2D eigenvalue weighted by Gasteiger charge is 2.14. The van der Waals surface area contributed by atoms with Crippen molar-refractivity contribution in [2.75, 3.05) is 5.32 Å².